The molecule has 0 amide bonds. The smallest absolute Gasteiger partial charge is 0.227 e. The van der Waals surface area contributed by atoms with Gasteiger partial charge in [-0.05, 0) is 77.8 Å². The van der Waals surface area contributed by atoms with Gasteiger partial charge in [-0.25, -0.2) is 4.98 Å². The van der Waals surface area contributed by atoms with Crippen molar-refractivity contribution < 1.29 is 4.42 Å². The number of aromatic amines is 1. The molecule has 0 fully saturated rings. The van der Waals surface area contributed by atoms with Crippen molar-refractivity contribution in [1.29, 1.82) is 0 Å². The van der Waals surface area contributed by atoms with Crippen molar-refractivity contribution in [3.63, 3.8) is 0 Å². The Labute approximate surface area is 317 Å². The topological polar surface area (TPSA) is 50.0 Å². The number of hydrogen-bond donors (Lipinski definition) is 1. The molecule has 11 aromatic rings. The zero-order valence-electron chi connectivity index (χ0n) is 29.6. The molecule has 1 aliphatic heterocycles. The van der Waals surface area contributed by atoms with Gasteiger partial charge in [-0.3, -0.25) is 0 Å². The number of H-pyrrole nitrogens is 1. The van der Waals surface area contributed by atoms with E-state index in [9.17, 15) is 0 Å². The van der Waals surface area contributed by atoms with Crippen LogP contribution in [-0.2, 0) is 0 Å². The van der Waals surface area contributed by atoms with Crippen LogP contribution in [0.4, 0.5) is 17.1 Å². The molecule has 1 aliphatic rings. The molecule has 12 rings (SSSR count). The van der Waals surface area contributed by atoms with Crippen molar-refractivity contribution in [2.45, 2.75) is 0 Å². The summed E-state index contributed by atoms with van der Waals surface area (Å²) in [4.78, 5) is 11.2. The van der Waals surface area contributed by atoms with Crippen LogP contribution in [0.5, 0.6) is 0 Å². The van der Waals surface area contributed by atoms with Gasteiger partial charge in [-0.1, -0.05) is 115 Å². The van der Waals surface area contributed by atoms with E-state index in [1.54, 1.807) is 0 Å². The predicted octanol–water partition coefficient (Wildman–Crippen LogP) is 11.3. The zero-order valence-corrected chi connectivity index (χ0v) is 29.6. The Morgan fingerprint density at radius 2 is 1.27 bits per heavy atom. The second-order valence-corrected chi connectivity index (χ2v) is 14.2. The SMILES string of the molecule is [B]1c2cc3oc(-c4ccccc4)nc3cc2-n2c3ccccc3c3c(N(c4ccccc4)c4ccccc4)cc(-c4cccc5c4[nH]c4ccccc45)c1c32. The highest BCUT2D eigenvalue weighted by Crippen LogP contribution is 2.47. The van der Waals surface area contributed by atoms with Gasteiger partial charge in [-0.15, -0.1) is 0 Å². The fourth-order valence-electron chi connectivity index (χ4n) is 8.79. The average molecular weight is 702 g/mol. The standard InChI is InChI=1S/C49H30BN4O/c1-4-15-30(16-5-1)49-52-40-29-42-38(28-44(40)55-49)50-46-37(35-24-14-23-34-33-21-10-12-25-39(33)51-47(34)35)27-43(45-36-22-11-13-26-41(36)54(42)48(45)46)53(31-17-6-2-7-18-31)32-19-8-3-9-20-32/h1-29,51H. The van der Waals surface area contributed by atoms with E-state index in [2.05, 4.69) is 167 Å². The molecule has 0 saturated heterocycles. The molecule has 0 unspecified atom stereocenters. The number of nitrogens with one attached hydrogen (secondary N) is 1. The maximum atomic E-state index is 6.45. The number of anilines is 3. The van der Waals surface area contributed by atoms with Gasteiger partial charge >= 0.3 is 0 Å². The molecule has 6 heteroatoms. The first-order valence-corrected chi connectivity index (χ1v) is 18.6. The molecule has 0 atom stereocenters. The molecule has 4 heterocycles. The molecule has 0 saturated carbocycles. The molecule has 0 bridgehead atoms. The normalized spacial score (nSPS) is 12.1. The lowest BCUT2D eigenvalue weighted by Crippen LogP contribution is -2.37. The van der Waals surface area contributed by atoms with Crippen LogP contribution >= 0.6 is 0 Å². The highest BCUT2D eigenvalue weighted by molar-refractivity contribution is 6.74. The lowest BCUT2D eigenvalue weighted by molar-refractivity contribution is 0.620. The maximum Gasteiger partial charge on any atom is 0.227 e. The summed E-state index contributed by atoms with van der Waals surface area (Å²) >= 11 is 0. The van der Waals surface area contributed by atoms with Gasteiger partial charge in [0.2, 0.25) is 5.89 Å². The number of aromatic nitrogens is 3. The molecule has 1 radical (unpaired) electrons. The van der Waals surface area contributed by atoms with Crippen LogP contribution in [-0.4, -0.2) is 21.8 Å². The van der Waals surface area contributed by atoms with Crippen molar-refractivity contribution in [1.82, 2.24) is 14.5 Å². The van der Waals surface area contributed by atoms with Gasteiger partial charge in [0.15, 0.2) is 12.9 Å². The Morgan fingerprint density at radius 3 is 2.05 bits per heavy atom. The lowest BCUT2D eigenvalue weighted by atomic mass is 9.59. The molecule has 8 aromatic carbocycles. The number of rotatable bonds is 5. The number of hydrogen-bond acceptors (Lipinski definition) is 3. The summed E-state index contributed by atoms with van der Waals surface area (Å²) in [6, 6.07) is 62.4. The first-order valence-electron chi connectivity index (χ1n) is 18.6. The molecule has 0 spiro atoms. The van der Waals surface area contributed by atoms with E-state index in [-0.39, 0.29) is 0 Å². The van der Waals surface area contributed by atoms with Crippen molar-refractivity contribution >= 4 is 90.0 Å². The lowest BCUT2D eigenvalue weighted by Gasteiger charge is -2.29. The van der Waals surface area contributed by atoms with Crippen molar-refractivity contribution in [3.05, 3.63) is 176 Å². The van der Waals surface area contributed by atoms with Crippen LogP contribution in [0.25, 0.3) is 83.0 Å². The molecular formula is C49H30BN4O. The Balaban J connectivity index is 1.23. The Morgan fingerprint density at radius 1 is 0.600 bits per heavy atom. The monoisotopic (exact) mass is 701 g/mol. The largest absolute Gasteiger partial charge is 0.436 e. The molecular weight excluding hydrogens is 671 g/mol. The van der Waals surface area contributed by atoms with Crippen LogP contribution in [0.15, 0.2) is 180 Å². The predicted molar refractivity (Wildman–Crippen MR) is 228 cm³/mol. The minimum Gasteiger partial charge on any atom is -0.436 e. The zero-order chi connectivity index (χ0) is 36.0. The Hall–Kier alpha value is -7.31. The summed E-state index contributed by atoms with van der Waals surface area (Å²) in [5.41, 5.74) is 16.0. The molecule has 1 N–H and O–H groups in total. The average Bonchev–Trinajstić information content (AvgIpc) is 3.95. The fraction of sp³-hybridized carbons (Fsp3) is 0. The number of para-hydroxylation sites is 5. The van der Waals surface area contributed by atoms with Gasteiger partial charge in [0, 0.05) is 55.3 Å². The van der Waals surface area contributed by atoms with E-state index in [1.807, 2.05) is 30.3 Å². The third-order valence-corrected chi connectivity index (χ3v) is 11.2. The molecule has 3 aromatic heterocycles. The van der Waals surface area contributed by atoms with E-state index in [0.29, 0.717) is 5.89 Å². The van der Waals surface area contributed by atoms with Crippen molar-refractivity contribution in [2.75, 3.05) is 4.90 Å². The number of oxazole rings is 1. The van der Waals surface area contributed by atoms with Gasteiger partial charge in [0.1, 0.15) is 5.52 Å². The van der Waals surface area contributed by atoms with Crippen LogP contribution in [0.1, 0.15) is 0 Å². The second-order valence-electron chi connectivity index (χ2n) is 14.2. The summed E-state index contributed by atoms with van der Waals surface area (Å²) in [5, 5.41) is 4.80. The quantitative estimate of drug-likeness (QED) is 0.182. The molecule has 255 valence electrons. The van der Waals surface area contributed by atoms with Gasteiger partial charge in [0.05, 0.1) is 22.2 Å². The third-order valence-electron chi connectivity index (χ3n) is 11.2. The van der Waals surface area contributed by atoms with Crippen LogP contribution in [0.3, 0.4) is 0 Å². The Bertz CT molecular complexity index is 3250. The summed E-state index contributed by atoms with van der Waals surface area (Å²) in [7, 11) is 2.36. The minimum atomic E-state index is 0.618. The number of nitrogens with zero attached hydrogens (tertiary/aromatic N) is 3. The van der Waals surface area contributed by atoms with Gasteiger partial charge < -0.3 is 18.9 Å². The van der Waals surface area contributed by atoms with Gasteiger partial charge in [-0.2, -0.15) is 0 Å². The fourth-order valence-corrected chi connectivity index (χ4v) is 8.79. The van der Waals surface area contributed by atoms with Crippen LogP contribution < -0.4 is 15.8 Å². The van der Waals surface area contributed by atoms with Gasteiger partial charge in [0.25, 0.3) is 0 Å². The van der Waals surface area contributed by atoms with E-state index in [4.69, 9.17) is 9.40 Å². The first kappa shape index (κ1) is 30.2. The summed E-state index contributed by atoms with van der Waals surface area (Å²) in [6.45, 7) is 0. The Kier molecular flexibility index (Phi) is 6.36. The maximum absolute atomic E-state index is 6.45. The summed E-state index contributed by atoms with van der Waals surface area (Å²) in [5.74, 6) is 0.618. The first-order chi connectivity index (χ1) is 27.3. The van der Waals surface area contributed by atoms with Crippen molar-refractivity contribution in [2.24, 2.45) is 0 Å². The van der Waals surface area contributed by atoms with E-state index >= 15 is 0 Å². The number of benzene rings is 8. The van der Waals surface area contributed by atoms with E-state index in [0.717, 1.165) is 83.5 Å². The highest BCUT2D eigenvalue weighted by atomic mass is 16.3. The van der Waals surface area contributed by atoms with Crippen molar-refractivity contribution in [3.8, 4) is 28.3 Å². The molecule has 0 aliphatic carbocycles. The van der Waals surface area contributed by atoms with E-state index < -0.39 is 0 Å². The number of fused-ring (bicyclic) bond motifs is 9. The third kappa shape index (κ3) is 4.46. The van der Waals surface area contributed by atoms with Crippen LogP contribution in [0.2, 0.25) is 0 Å². The highest BCUT2D eigenvalue weighted by Gasteiger charge is 2.31. The van der Waals surface area contributed by atoms with E-state index in [1.165, 1.54) is 21.5 Å². The summed E-state index contributed by atoms with van der Waals surface area (Å²) in [6.07, 6.45) is 0. The molecule has 55 heavy (non-hydrogen) atoms. The summed E-state index contributed by atoms with van der Waals surface area (Å²) < 4.78 is 8.91. The molecule has 5 nitrogen and oxygen atoms in total. The second kappa shape index (κ2) is 11.6. The van der Waals surface area contributed by atoms with Crippen LogP contribution in [0, 0.1) is 0 Å². The minimum absolute atomic E-state index is 0.618.